The van der Waals surface area contributed by atoms with Gasteiger partial charge in [-0.15, -0.1) is 0 Å². The van der Waals surface area contributed by atoms with Crippen LogP contribution >= 0.6 is 11.6 Å². The minimum absolute atomic E-state index is 0.0128. The molecule has 1 atom stereocenters. The molecule has 1 saturated carbocycles. The third-order valence-electron chi connectivity index (χ3n) is 10.0. The molecule has 1 N–H and O–H groups in total. The number of amides is 2. The lowest BCUT2D eigenvalue weighted by Gasteiger charge is -2.30. The summed E-state index contributed by atoms with van der Waals surface area (Å²) in [4.78, 5) is 48.2. The van der Waals surface area contributed by atoms with Crippen molar-refractivity contribution in [2.75, 3.05) is 23.6 Å². The number of nitriles is 1. The van der Waals surface area contributed by atoms with Crippen LogP contribution in [0.15, 0.2) is 88.2 Å². The van der Waals surface area contributed by atoms with Crippen LogP contribution in [0, 0.1) is 18.3 Å². The maximum Gasteiger partial charge on any atom is 0.415 e. The number of ketones is 1. The van der Waals surface area contributed by atoms with Gasteiger partial charge in [-0.1, -0.05) is 57.3 Å². The van der Waals surface area contributed by atoms with Gasteiger partial charge >= 0.3 is 6.09 Å². The van der Waals surface area contributed by atoms with Crippen LogP contribution in [-0.2, 0) is 24.8 Å². The van der Waals surface area contributed by atoms with Crippen molar-refractivity contribution in [3.05, 3.63) is 112 Å². The Hall–Kier alpha value is -5.97. The first-order chi connectivity index (χ1) is 27.5. The van der Waals surface area contributed by atoms with Gasteiger partial charge in [0.1, 0.15) is 22.9 Å². The van der Waals surface area contributed by atoms with Crippen molar-refractivity contribution in [1.82, 2.24) is 4.98 Å². The number of hydrogen-bond donors (Lipinski definition) is 1. The number of allylic oxidation sites excluding steroid dienone is 1. The smallest absolute Gasteiger partial charge is 0.415 e. The second-order valence-corrected chi connectivity index (χ2v) is 17.7. The van der Waals surface area contributed by atoms with Gasteiger partial charge in [0.15, 0.2) is 15.4 Å². The summed E-state index contributed by atoms with van der Waals surface area (Å²) in [5.41, 5.74) is 4.38. The highest BCUT2D eigenvalue weighted by atomic mass is 35.5. The van der Waals surface area contributed by atoms with Crippen LogP contribution in [0.4, 0.5) is 16.2 Å². The number of halogens is 1. The van der Waals surface area contributed by atoms with E-state index in [0.717, 1.165) is 30.2 Å². The third-order valence-corrected chi connectivity index (χ3v) is 11.4. The van der Waals surface area contributed by atoms with Crippen LogP contribution < -0.4 is 15.0 Å². The van der Waals surface area contributed by atoms with Crippen LogP contribution in [0.25, 0.3) is 22.7 Å². The van der Waals surface area contributed by atoms with Gasteiger partial charge in [0.25, 0.3) is 5.91 Å². The van der Waals surface area contributed by atoms with Crippen molar-refractivity contribution in [1.29, 1.82) is 5.26 Å². The van der Waals surface area contributed by atoms with Gasteiger partial charge in [0.2, 0.25) is 17.8 Å². The van der Waals surface area contributed by atoms with Crippen molar-refractivity contribution in [3.8, 4) is 11.8 Å². The second-order valence-electron chi connectivity index (χ2n) is 15.2. The van der Waals surface area contributed by atoms with E-state index in [1.807, 2.05) is 25.1 Å². The summed E-state index contributed by atoms with van der Waals surface area (Å²) in [5, 5.41) is 12.6. The van der Waals surface area contributed by atoms with Gasteiger partial charge in [-0.2, -0.15) is 5.26 Å². The van der Waals surface area contributed by atoms with Gasteiger partial charge in [-0.05, 0) is 115 Å². The fourth-order valence-corrected chi connectivity index (χ4v) is 7.66. The standard InChI is InChI=1S/C44H43ClN4O8S/c1-26-21-32(15-11-28(26)22-29(25-46)42-48-37-23-30(44(2,3)4)14-20-38(37)56-42)49(31-9-7-8-10-31)43(52)57-40(39(50)27-12-16-33(55-5)17-13-27)41(51)47-36-19-18-34(24-35(36)45)58(6,53)54/h11-24,31,40H,7-10H2,1-6H3,(H,47,51)/b29-22+. The summed E-state index contributed by atoms with van der Waals surface area (Å²) in [5.74, 6) is -1.15. The maximum absolute atomic E-state index is 14.3. The first kappa shape index (κ1) is 41.7. The van der Waals surface area contributed by atoms with E-state index in [0.29, 0.717) is 40.9 Å². The fraction of sp³-hybridized carbons (Fsp3) is 0.295. The number of carbonyl (C=O) groups excluding carboxylic acids is 3. The molecule has 1 aliphatic rings. The van der Waals surface area contributed by atoms with E-state index >= 15 is 0 Å². The zero-order valence-electron chi connectivity index (χ0n) is 33.0. The summed E-state index contributed by atoms with van der Waals surface area (Å²) >= 11 is 6.35. The van der Waals surface area contributed by atoms with Gasteiger partial charge in [0.05, 0.1) is 22.7 Å². The number of methoxy groups -OCH3 is 1. The minimum Gasteiger partial charge on any atom is -0.497 e. The molecule has 1 aromatic heterocycles. The first-order valence-electron chi connectivity index (χ1n) is 18.6. The average Bonchev–Trinajstić information content (AvgIpc) is 3.87. The highest BCUT2D eigenvalue weighted by Crippen LogP contribution is 2.33. The summed E-state index contributed by atoms with van der Waals surface area (Å²) in [6.45, 7) is 8.16. The van der Waals surface area contributed by atoms with Gasteiger partial charge in [-0.3, -0.25) is 14.5 Å². The summed E-state index contributed by atoms with van der Waals surface area (Å²) in [6.07, 6.45) is 2.85. The zero-order chi connectivity index (χ0) is 41.9. The van der Waals surface area contributed by atoms with Gasteiger partial charge in [0, 0.05) is 23.5 Å². The summed E-state index contributed by atoms with van der Waals surface area (Å²) < 4.78 is 41.2. The number of Topliss-reactive ketones (excluding diaryl/α,β-unsaturated/α-hetero) is 1. The number of aromatic nitrogens is 1. The third kappa shape index (κ3) is 9.25. The topological polar surface area (TPSA) is 169 Å². The molecule has 14 heteroatoms. The molecule has 5 aromatic rings. The summed E-state index contributed by atoms with van der Waals surface area (Å²) in [7, 11) is -2.13. The van der Waals surface area contributed by atoms with Crippen molar-refractivity contribution in [2.24, 2.45) is 0 Å². The van der Waals surface area contributed by atoms with E-state index in [1.165, 1.54) is 42.3 Å². The SMILES string of the molecule is COc1ccc(C(=O)C(OC(=O)N(c2ccc(/C=C(\C#N)c3nc4cc(C(C)(C)C)ccc4o3)c(C)c2)C2CCCC2)C(=O)Nc2ccc(S(C)(=O)=O)cc2Cl)cc1. The molecule has 1 aliphatic carbocycles. The van der Waals surface area contributed by atoms with Crippen molar-refractivity contribution in [2.45, 2.75) is 75.8 Å². The molecule has 300 valence electrons. The maximum atomic E-state index is 14.3. The number of benzene rings is 4. The van der Waals surface area contributed by atoms with E-state index in [1.54, 1.807) is 36.4 Å². The van der Waals surface area contributed by atoms with Gasteiger partial charge < -0.3 is 19.2 Å². The Bertz CT molecular complexity index is 2580. The Balaban J connectivity index is 1.31. The lowest BCUT2D eigenvalue weighted by atomic mass is 9.87. The molecule has 0 radical (unpaired) electrons. The van der Waals surface area contributed by atoms with Crippen LogP contribution in [0.5, 0.6) is 5.75 Å². The minimum atomic E-state index is -3.60. The molecule has 2 amide bonds. The molecule has 1 unspecified atom stereocenters. The lowest BCUT2D eigenvalue weighted by molar-refractivity contribution is -0.122. The molecule has 0 spiro atoms. The number of rotatable bonds is 11. The van der Waals surface area contributed by atoms with Crippen molar-refractivity contribution >= 4 is 73.3 Å². The van der Waals surface area contributed by atoms with E-state index in [-0.39, 0.29) is 44.1 Å². The largest absolute Gasteiger partial charge is 0.497 e. The van der Waals surface area contributed by atoms with E-state index in [9.17, 15) is 28.1 Å². The van der Waals surface area contributed by atoms with Crippen LogP contribution in [0.2, 0.25) is 5.02 Å². The molecule has 58 heavy (non-hydrogen) atoms. The highest BCUT2D eigenvalue weighted by molar-refractivity contribution is 7.90. The molecule has 0 aliphatic heterocycles. The first-order valence-corrected chi connectivity index (χ1v) is 20.9. The van der Waals surface area contributed by atoms with Crippen LogP contribution in [0.1, 0.15) is 79.4 Å². The molecule has 12 nitrogen and oxygen atoms in total. The Kier molecular flexibility index (Phi) is 12.1. The number of oxazole rings is 1. The monoisotopic (exact) mass is 822 g/mol. The molecule has 4 aromatic carbocycles. The summed E-state index contributed by atoms with van der Waals surface area (Å²) in [6, 6.07) is 22.7. The Morgan fingerprint density at radius 1 is 1.02 bits per heavy atom. The zero-order valence-corrected chi connectivity index (χ0v) is 34.5. The molecule has 1 fully saturated rings. The van der Waals surface area contributed by atoms with Crippen LogP contribution in [0.3, 0.4) is 0 Å². The molecule has 0 bridgehead atoms. The molecular formula is C44H43ClN4O8S. The molecule has 1 heterocycles. The number of nitrogens with one attached hydrogen (secondary N) is 1. The number of carbonyl (C=O) groups is 3. The average molecular weight is 823 g/mol. The fourth-order valence-electron chi connectivity index (χ4n) is 6.72. The molecule has 6 rings (SSSR count). The number of ether oxygens (including phenoxy) is 2. The number of fused-ring (bicyclic) bond motifs is 1. The Morgan fingerprint density at radius 2 is 1.72 bits per heavy atom. The number of aryl methyl sites for hydroxylation is 1. The number of hydrogen-bond acceptors (Lipinski definition) is 10. The van der Waals surface area contributed by atoms with Crippen molar-refractivity contribution in [3.63, 3.8) is 0 Å². The van der Waals surface area contributed by atoms with Gasteiger partial charge in [-0.25, -0.2) is 18.2 Å². The lowest BCUT2D eigenvalue weighted by Crippen LogP contribution is -2.46. The predicted octanol–water partition coefficient (Wildman–Crippen LogP) is 9.34. The molecule has 0 saturated heterocycles. The Labute approximate surface area is 342 Å². The number of nitrogens with zero attached hydrogens (tertiary/aromatic N) is 3. The van der Waals surface area contributed by atoms with Crippen LogP contribution in [-0.4, -0.2) is 56.7 Å². The second kappa shape index (κ2) is 16.9. The normalized spacial score (nSPS) is 14.1. The number of anilines is 2. The van der Waals surface area contributed by atoms with E-state index in [4.69, 9.17) is 25.5 Å². The highest BCUT2D eigenvalue weighted by Gasteiger charge is 2.37. The predicted molar refractivity (Wildman–Crippen MR) is 223 cm³/mol. The quantitative estimate of drug-likeness (QED) is 0.0770. The van der Waals surface area contributed by atoms with E-state index < -0.39 is 33.7 Å². The van der Waals surface area contributed by atoms with E-state index in [2.05, 4.69) is 37.1 Å². The molecular weight excluding hydrogens is 780 g/mol. The Morgan fingerprint density at radius 3 is 2.33 bits per heavy atom. The van der Waals surface area contributed by atoms with Crippen molar-refractivity contribution < 1.29 is 36.7 Å². The number of sulfone groups is 1.